The van der Waals surface area contributed by atoms with E-state index < -0.39 is 0 Å². The summed E-state index contributed by atoms with van der Waals surface area (Å²) in [6, 6.07) is 10.6. The van der Waals surface area contributed by atoms with Crippen LogP contribution in [0, 0.1) is 12.8 Å². The van der Waals surface area contributed by atoms with Crippen LogP contribution in [-0.4, -0.2) is 22.0 Å². The van der Waals surface area contributed by atoms with Crippen molar-refractivity contribution in [3.05, 3.63) is 93.7 Å². The zero-order chi connectivity index (χ0) is 22.1. The average Bonchev–Trinajstić information content (AvgIpc) is 3.48. The molecule has 1 aliphatic heterocycles. The summed E-state index contributed by atoms with van der Waals surface area (Å²) in [7, 11) is 0. The molecule has 1 aromatic carbocycles. The second kappa shape index (κ2) is 8.55. The van der Waals surface area contributed by atoms with E-state index >= 15 is 0 Å². The summed E-state index contributed by atoms with van der Waals surface area (Å²) >= 11 is 1.55. The fourth-order valence-corrected chi connectivity index (χ4v) is 5.29. The van der Waals surface area contributed by atoms with Gasteiger partial charge in [-0.15, -0.1) is 0 Å². The van der Waals surface area contributed by atoms with Crippen molar-refractivity contribution in [3.63, 3.8) is 0 Å². The summed E-state index contributed by atoms with van der Waals surface area (Å²) in [5, 5.41) is 6.94. The predicted molar refractivity (Wildman–Crippen MR) is 131 cm³/mol. The third-order valence-electron chi connectivity index (χ3n) is 6.74. The lowest BCUT2D eigenvalue weighted by atomic mass is 9.78. The highest BCUT2D eigenvalue weighted by atomic mass is 32.1. The van der Waals surface area contributed by atoms with Crippen molar-refractivity contribution in [2.75, 3.05) is 6.54 Å². The Labute approximate surface area is 193 Å². The topological polar surface area (TPSA) is 46.9 Å². The molecular formula is C27H29N3OS. The van der Waals surface area contributed by atoms with E-state index in [1.807, 2.05) is 16.8 Å². The number of aromatic nitrogens is 2. The van der Waals surface area contributed by atoms with Crippen LogP contribution >= 0.6 is 11.3 Å². The second-order valence-electron chi connectivity index (χ2n) is 9.31. The first-order valence-corrected chi connectivity index (χ1v) is 12.3. The van der Waals surface area contributed by atoms with Crippen LogP contribution in [0.3, 0.4) is 0 Å². The fraction of sp³-hybridized carbons (Fsp3) is 0.333. The van der Waals surface area contributed by atoms with E-state index in [4.69, 9.17) is 4.98 Å². The molecule has 0 saturated carbocycles. The molecular weight excluding hydrogens is 414 g/mol. The smallest absolute Gasteiger partial charge is 0.252 e. The Morgan fingerprint density at radius 1 is 1.34 bits per heavy atom. The maximum Gasteiger partial charge on any atom is 0.252 e. The number of benzene rings is 1. The first-order chi connectivity index (χ1) is 15.5. The van der Waals surface area contributed by atoms with Gasteiger partial charge in [-0.3, -0.25) is 4.79 Å². The molecule has 5 heteroatoms. The first kappa shape index (κ1) is 21.0. The lowest BCUT2D eigenvalue weighted by molar-refractivity contribution is 0.0944. The highest BCUT2D eigenvalue weighted by Crippen LogP contribution is 2.36. The van der Waals surface area contributed by atoms with Crippen LogP contribution in [0.15, 0.2) is 65.5 Å². The molecule has 4 nitrogen and oxygen atoms in total. The van der Waals surface area contributed by atoms with Gasteiger partial charge >= 0.3 is 0 Å². The highest BCUT2D eigenvalue weighted by Gasteiger charge is 2.30. The Morgan fingerprint density at radius 3 is 3.00 bits per heavy atom. The number of nitrogens with one attached hydrogen (secondary N) is 1. The lowest BCUT2D eigenvalue weighted by Crippen LogP contribution is -2.33. The molecule has 2 aromatic heterocycles. The molecule has 2 aliphatic rings. The number of carbonyl (C=O) groups is 1. The van der Waals surface area contributed by atoms with Gasteiger partial charge in [-0.05, 0) is 48.3 Å². The van der Waals surface area contributed by atoms with Gasteiger partial charge < -0.3 is 9.88 Å². The summed E-state index contributed by atoms with van der Waals surface area (Å²) < 4.78 is 2.30. The molecule has 164 valence electrons. The third-order valence-corrected chi connectivity index (χ3v) is 7.42. The van der Waals surface area contributed by atoms with Crippen molar-refractivity contribution >= 4 is 22.8 Å². The molecule has 2 atom stereocenters. The minimum Gasteiger partial charge on any atom is -0.352 e. The van der Waals surface area contributed by atoms with E-state index in [-0.39, 0.29) is 11.3 Å². The van der Waals surface area contributed by atoms with Gasteiger partial charge in [-0.2, -0.15) is 11.3 Å². The number of carbonyl (C=O) groups excluding carboxylic acids is 1. The van der Waals surface area contributed by atoms with E-state index in [1.165, 1.54) is 22.5 Å². The number of hydrogen-bond donors (Lipinski definition) is 1. The third kappa shape index (κ3) is 4.22. The molecule has 3 aromatic rings. The van der Waals surface area contributed by atoms with Gasteiger partial charge in [-0.1, -0.05) is 55.0 Å². The molecule has 0 spiro atoms. The Hall–Kier alpha value is -2.92. The molecule has 1 aliphatic carbocycles. The normalized spacial score (nSPS) is 22.3. The van der Waals surface area contributed by atoms with Crippen molar-refractivity contribution in [1.29, 1.82) is 0 Å². The van der Waals surface area contributed by atoms with Crippen LogP contribution in [0.4, 0.5) is 0 Å². The van der Waals surface area contributed by atoms with Gasteiger partial charge in [0.15, 0.2) is 0 Å². The Morgan fingerprint density at radius 2 is 2.25 bits per heavy atom. The van der Waals surface area contributed by atoms with Gasteiger partial charge in [0.1, 0.15) is 5.82 Å². The van der Waals surface area contributed by atoms with E-state index in [0.717, 1.165) is 37.1 Å². The van der Waals surface area contributed by atoms with Crippen molar-refractivity contribution in [1.82, 2.24) is 14.9 Å². The average molecular weight is 444 g/mol. The van der Waals surface area contributed by atoms with E-state index in [2.05, 4.69) is 72.4 Å². The van der Waals surface area contributed by atoms with Crippen LogP contribution < -0.4 is 5.32 Å². The van der Waals surface area contributed by atoms with Gasteiger partial charge in [0.05, 0.1) is 5.69 Å². The SMILES string of the molecule is Cc1cccc(C2=CCC(C)(c3cn4c(n3)CCC(CNC(=O)c3ccsc3)C4)C=C2)c1. The standard InChI is InChI=1S/C27H29N3OS/c1-19-4-3-5-22(14-19)21-8-11-27(2,12-9-21)24-17-30-16-20(6-7-25(30)29-24)15-28-26(31)23-10-13-32-18-23/h3-5,8-11,13-14,17-18,20H,6-7,12,15-16H2,1-2H3,(H,28,31). The molecule has 1 N–H and O–H groups in total. The molecule has 5 rings (SSSR count). The summed E-state index contributed by atoms with van der Waals surface area (Å²) in [6.07, 6.45) is 12.1. The predicted octanol–water partition coefficient (Wildman–Crippen LogP) is 5.55. The fourth-order valence-electron chi connectivity index (χ4n) is 4.65. The lowest BCUT2D eigenvalue weighted by Gasteiger charge is -2.26. The largest absolute Gasteiger partial charge is 0.352 e. The Balaban J connectivity index is 1.25. The number of aryl methyl sites for hydroxylation is 2. The van der Waals surface area contributed by atoms with Gasteiger partial charge in [0, 0.05) is 42.1 Å². The molecule has 1 amide bonds. The zero-order valence-electron chi connectivity index (χ0n) is 18.7. The monoisotopic (exact) mass is 443 g/mol. The van der Waals surface area contributed by atoms with Crippen LogP contribution in [-0.2, 0) is 18.4 Å². The molecule has 3 heterocycles. The number of imidazole rings is 1. The van der Waals surface area contributed by atoms with Gasteiger partial charge in [-0.25, -0.2) is 4.98 Å². The number of rotatable bonds is 5. The number of hydrogen-bond acceptors (Lipinski definition) is 3. The summed E-state index contributed by atoms with van der Waals surface area (Å²) in [5.74, 6) is 1.64. The Kier molecular flexibility index (Phi) is 5.60. The van der Waals surface area contributed by atoms with Gasteiger partial charge in [0.2, 0.25) is 0 Å². The first-order valence-electron chi connectivity index (χ1n) is 11.3. The number of thiophene rings is 1. The summed E-state index contributed by atoms with van der Waals surface area (Å²) in [6.45, 7) is 6.04. The van der Waals surface area contributed by atoms with Crippen molar-refractivity contribution in [3.8, 4) is 0 Å². The van der Waals surface area contributed by atoms with E-state index in [9.17, 15) is 4.79 Å². The van der Waals surface area contributed by atoms with E-state index in [0.29, 0.717) is 12.5 Å². The molecule has 32 heavy (non-hydrogen) atoms. The maximum atomic E-state index is 12.3. The van der Waals surface area contributed by atoms with Crippen LogP contribution in [0.5, 0.6) is 0 Å². The number of allylic oxidation sites excluding steroid dienone is 4. The molecule has 0 bridgehead atoms. The Bertz CT molecular complexity index is 1190. The van der Waals surface area contributed by atoms with Crippen LogP contribution in [0.25, 0.3) is 5.57 Å². The molecule has 0 fully saturated rings. The van der Waals surface area contributed by atoms with Crippen molar-refractivity contribution in [2.45, 2.75) is 45.1 Å². The number of fused-ring (bicyclic) bond motifs is 1. The van der Waals surface area contributed by atoms with Gasteiger partial charge in [0.25, 0.3) is 5.91 Å². The van der Waals surface area contributed by atoms with Crippen molar-refractivity contribution < 1.29 is 4.79 Å². The molecule has 0 radical (unpaired) electrons. The second-order valence-corrected chi connectivity index (χ2v) is 10.1. The zero-order valence-corrected chi connectivity index (χ0v) is 19.5. The number of amides is 1. The number of nitrogens with zero attached hydrogens (tertiary/aromatic N) is 2. The van der Waals surface area contributed by atoms with Crippen LogP contribution in [0.1, 0.15) is 52.8 Å². The highest BCUT2D eigenvalue weighted by molar-refractivity contribution is 7.08. The quantitative estimate of drug-likeness (QED) is 0.562. The van der Waals surface area contributed by atoms with Crippen molar-refractivity contribution in [2.24, 2.45) is 5.92 Å². The minimum absolute atomic E-state index is 0.0272. The molecule has 2 unspecified atom stereocenters. The minimum atomic E-state index is -0.0830. The van der Waals surface area contributed by atoms with Crippen LogP contribution in [0.2, 0.25) is 0 Å². The molecule has 0 saturated heterocycles. The van der Waals surface area contributed by atoms with E-state index in [1.54, 1.807) is 11.3 Å². The maximum absolute atomic E-state index is 12.3. The summed E-state index contributed by atoms with van der Waals surface area (Å²) in [5.41, 5.74) is 5.67. The summed E-state index contributed by atoms with van der Waals surface area (Å²) in [4.78, 5) is 17.3.